The topological polar surface area (TPSA) is 77.2 Å². The van der Waals surface area contributed by atoms with Crippen molar-refractivity contribution < 1.29 is 9.59 Å². The molecule has 26 heavy (non-hydrogen) atoms. The second-order valence-electron chi connectivity index (χ2n) is 6.45. The quantitative estimate of drug-likeness (QED) is 0.639. The van der Waals surface area contributed by atoms with E-state index in [1.54, 1.807) is 4.90 Å². The average molecular weight is 350 g/mol. The number of likely N-dealkylation sites (N-methyl/N-ethyl adjacent to an activating group) is 1. The van der Waals surface area contributed by atoms with E-state index in [1.165, 1.54) is 0 Å². The fourth-order valence-electron chi connectivity index (χ4n) is 2.72. The van der Waals surface area contributed by atoms with Gasteiger partial charge < -0.3 is 20.5 Å². The molecule has 134 valence electrons. The molecule has 0 bridgehead atoms. The van der Waals surface area contributed by atoms with Crippen LogP contribution < -0.4 is 10.6 Å². The molecule has 0 radical (unpaired) electrons. The molecule has 6 nitrogen and oxygen atoms in total. The third kappa shape index (κ3) is 4.49. The maximum absolute atomic E-state index is 12.4. The van der Waals surface area contributed by atoms with Gasteiger partial charge in [-0.2, -0.15) is 0 Å². The monoisotopic (exact) mass is 350 g/mol. The third-order valence-corrected chi connectivity index (χ3v) is 3.94. The molecule has 3 aromatic rings. The minimum Gasteiger partial charge on any atom is -0.361 e. The molecule has 0 aliphatic carbocycles. The van der Waals surface area contributed by atoms with Gasteiger partial charge in [-0.3, -0.25) is 9.59 Å². The molecule has 2 amide bonds. The molecule has 0 spiro atoms. The van der Waals surface area contributed by atoms with Crippen LogP contribution in [0, 0.1) is 0 Å². The Morgan fingerprint density at radius 2 is 1.92 bits per heavy atom. The van der Waals surface area contributed by atoms with E-state index in [4.69, 9.17) is 0 Å². The first-order chi connectivity index (χ1) is 12.5. The van der Waals surface area contributed by atoms with Crippen LogP contribution in [0.1, 0.15) is 15.9 Å². The summed E-state index contributed by atoms with van der Waals surface area (Å²) in [6, 6.07) is 15.0. The molecule has 1 aromatic heterocycles. The van der Waals surface area contributed by atoms with Gasteiger partial charge in [0.25, 0.3) is 5.91 Å². The lowest BCUT2D eigenvalue weighted by molar-refractivity contribution is -0.116. The second kappa shape index (κ2) is 7.84. The molecule has 0 saturated heterocycles. The Kier molecular flexibility index (Phi) is 5.34. The standard InChI is InChI=1S/C20H22N4O2/c1-24(2)13-19(25)23-17-5-3-4-14(10-17)12-22-20(26)16-7-6-15-8-9-21-18(15)11-16/h3-11,21H,12-13H2,1-2H3,(H,22,26)(H,23,25). The Hall–Kier alpha value is -3.12. The Balaban J connectivity index is 1.61. The number of benzene rings is 2. The van der Waals surface area contributed by atoms with E-state index in [0.29, 0.717) is 18.7 Å². The van der Waals surface area contributed by atoms with Crippen molar-refractivity contribution in [3.63, 3.8) is 0 Å². The molecule has 6 heteroatoms. The summed E-state index contributed by atoms with van der Waals surface area (Å²) in [5.74, 6) is -0.209. The van der Waals surface area contributed by atoms with Gasteiger partial charge in [-0.05, 0) is 55.4 Å². The normalized spacial score (nSPS) is 10.9. The minimum absolute atomic E-state index is 0.0737. The molecule has 0 fully saturated rings. The highest BCUT2D eigenvalue weighted by molar-refractivity contribution is 5.98. The summed E-state index contributed by atoms with van der Waals surface area (Å²) in [7, 11) is 3.69. The fourth-order valence-corrected chi connectivity index (χ4v) is 2.72. The lowest BCUT2D eigenvalue weighted by Gasteiger charge is -2.11. The number of H-pyrrole nitrogens is 1. The third-order valence-electron chi connectivity index (χ3n) is 3.94. The van der Waals surface area contributed by atoms with Gasteiger partial charge in [0.2, 0.25) is 5.91 Å². The number of aromatic amines is 1. The van der Waals surface area contributed by atoms with E-state index in [2.05, 4.69) is 15.6 Å². The van der Waals surface area contributed by atoms with E-state index in [1.807, 2.05) is 68.8 Å². The average Bonchev–Trinajstić information content (AvgIpc) is 3.07. The minimum atomic E-state index is -0.136. The molecule has 3 N–H and O–H groups in total. The lowest BCUT2D eigenvalue weighted by atomic mass is 10.1. The summed E-state index contributed by atoms with van der Waals surface area (Å²) < 4.78 is 0. The SMILES string of the molecule is CN(C)CC(=O)Nc1cccc(CNC(=O)c2ccc3cc[nH]c3c2)c1. The zero-order valence-electron chi connectivity index (χ0n) is 14.9. The molecule has 0 saturated carbocycles. The Morgan fingerprint density at radius 3 is 2.73 bits per heavy atom. The Bertz CT molecular complexity index is 930. The van der Waals surface area contributed by atoms with Crippen LogP contribution in [0.25, 0.3) is 10.9 Å². The van der Waals surface area contributed by atoms with Gasteiger partial charge in [0.05, 0.1) is 6.54 Å². The van der Waals surface area contributed by atoms with Gasteiger partial charge in [0.1, 0.15) is 0 Å². The maximum Gasteiger partial charge on any atom is 0.251 e. The van der Waals surface area contributed by atoms with Gasteiger partial charge >= 0.3 is 0 Å². The highest BCUT2D eigenvalue weighted by Gasteiger charge is 2.08. The Morgan fingerprint density at radius 1 is 1.08 bits per heavy atom. The summed E-state index contributed by atoms with van der Waals surface area (Å²) in [5, 5.41) is 6.84. The van der Waals surface area contributed by atoms with Crippen molar-refractivity contribution in [1.82, 2.24) is 15.2 Å². The molecule has 0 atom stereocenters. The maximum atomic E-state index is 12.4. The molecular weight excluding hydrogens is 328 g/mol. The first-order valence-corrected chi connectivity index (χ1v) is 8.40. The predicted molar refractivity (Wildman–Crippen MR) is 103 cm³/mol. The van der Waals surface area contributed by atoms with Crippen LogP contribution in [0.3, 0.4) is 0 Å². The van der Waals surface area contributed by atoms with Gasteiger partial charge in [-0.1, -0.05) is 18.2 Å². The van der Waals surface area contributed by atoms with Crippen LogP contribution in [-0.2, 0) is 11.3 Å². The fraction of sp³-hybridized carbons (Fsp3) is 0.200. The second-order valence-corrected chi connectivity index (χ2v) is 6.45. The van der Waals surface area contributed by atoms with Crippen molar-refractivity contribution in [2.24, 2.45) is 0 Å². The van der Waals surface area contributed by atoms with Crippen molar-refractivity contribution in [2.45, 2.75) is 6.54 Å². The van der Waals surface area contributed by atoms with Crippen molar-refractivity contribution in [3.8, 4) is 0 Å². The molecular formula is C20H22N4O2. The zero-order chi connectivity index (χ0) is 18.5. The summed E-state index contributed by atoms with van der Waals surface area (Å²) in [6.45, 7) is 0.709. The van der Waals surface area contributed by atoms with Crippen molar-refractivity contribution in [3.05, 3.63) is 65.9 Å². The molecule has 0 unspecified atom stereocenters. The van der Waals surface area contributed by atoms with E-state index in [-0.39, 0.29) is 11.8 Å². The number of aromatic nitrogens is 1. The number of anilines is 1. The lowest BCUT2D eigenvalue weighted by Crippen LogP contribution is -2.27. The summed E-state index contributed by atoms with van der Waals surface area (Å²) in [6.07, 6.45) is 1.85. The number of fused-ring (bicyclic) bond motifs is 1. The van der Waals surface area contributed by atoms with E-state index >= 15 is 0 Å². The highest BCUT2D eigenvalue weighted by Crippen LogP contribution is 2.15. The smallest absolute Gasteiger partial charge is 0.251 e. The van der Waals surface area contributed by atoms with E-state index in [9.17, 15) is 9.59 Å². The molecule has 0 aliphatic heterocycles. The number of hydrogen-bond acceptors (Lipinski definition) is 3. The number of hydrogen-bond donors (Lipinski definition) is 3. The number of carbonyl (C=O) groups excluding carboxylic acids is 2. The van der Waals surface area contributed by atoms with Crippen LogP contribution >= 0.6 is 0 Å². The van der Waals surface area contributed by atoms with Crippen LogP contribution in [0.2, 0.25) is 0 Å². The number of amides is 2. The molecule has 2 aromatic carbocycles. The summed E-state index contributed by atoms with van der Waals surface area (Å²) in [4.78, 5) is 29.1. The van der Waals surface area contributed by atoms with Gasteiger partial charge in [0.15, 0.2) is 0 Å². The molecule has 0 aliphatic rings. The van der Waals surface area contributed by atoms with Crippen LogP contribution in [0.15, 0.2) is 54.7 Å². The highest BCUT2D eigenvalue weighted by atomic mass is 16.2. The molecule has 1 heterocycles. The number of nitrogens with one attached hydrogen (secondary N) is 3. The number of nitrogens with zero attached hydrogens (tertiary/aromatic N) is 1. The summed E-state index contributed by atoms with van der Waals surface area (Å²) >= 11 is 0. The van der Waals surface area contributed by atoms with Gasteiger partial charge in [0, 0.05) is 29.5 Å². The first-order valence-electron chi connectivity index (χ1n) is 8.40. The van der Waals surface area contributed by atoms with E-state index < -0.39 is 0 Å². The predicted octanol–water partition coefficient (Wildman–Crippen LogP) is 2.60. The number of rotatable bonds is 6. The van der Waals surface area contributed by atoms with Crippen LogP contribution in [0.4, 0.5) is 5.69 Å². The zero-order valence-corrected chi connectivity index (χ0v) is 14.9. The largest absolute Gasteiger partial charge is 0.361 e. The van der Waals surface area contributed by atoms with Crippen molar-refractivity contribution in [1.29, 1.82) is 0 Å². The summed E-state index contributed by atoms with van der Waals surface area (Å²) in [5.41, 5.74) is 3.18. The van der Waals surface area contributed by atoms with Crippen molar-refractivity contribution in [2.75, 3.05) is 26.0 Å². The number of carbonyl (C=O) groups is 2. The van der Waals surface area contributed by atoms with E-state index in [0.717, 1.165) is 22.2 Å². The van der Waals surface area contributed by atoms with Crippen LogP contribution in [-0.4, -0.2) is 42.3 Å². The first kappa shape index (κ1) is 17.7. The Labute approximate surface area is 152 Å². The van der Waals surface area contributed by atoms with Gasteiger partial charge in [-0.15, -0.1) is 0 Å². The molecule has 3 rings (SSSR count). The van der Waals surface area contributed by atoms with Crippen molar-refractivity contribution >= 4 is 28.4 Å². The van der Waals surface area contributed by atoms with Gasteiger partial charge in [-0.25, -0.2) is 0 Å². The van der Waals surface area contributed by atoms with Crippen LogP contribution in [0.5, 0.6) is 0 Å².